The van der Waals surface area contributed by atoms with Crippen LogP contribution in [0.4, 0.5) is 0 Å². The third-order valence-electron chi connectivity index (χ3n) is 3.13. The molecular weight excluding hydrogens is 306 g/mol. The van der Waals surface area contributed by atoms with Gasteiger partial charge in [0.25, 0.3) is 5.91 Å². The number of aromatic nitrogens is 2. The average Bonchev–Trinajstić information content (AvgIpc) is 3.02. The maximum absolute atomic E-state index is 11.9. The molecule has 1 amide bonds. The highest BCUT2D eigenvalue weighted by Crippen LogP contribution is 2.11. The number of halogens is 1. The molecule has 22 heavy (non-hydrogen) atoms. The molecule has 2 heterocycles. The Balaban J connectivity index is 1.89. The van der Waals surface area contributed by atoms with Crippen LogP contribution in [0.2, 0.25) is 0 Å². The molecule has 2 rings (SSSR count). The topological polar surface area (TPSA) is 77.1 Å². The quantitative estimate of drug-likeness (QED) is 0.627. The largest absolute Gasteiger partial charge is 0.454 e. The van der Waals surface area contributed by atoms with E-state index < -0.39 is 5.24 Å². The number of nitrogens with one attached hydrogen (secondary N) is 1. The Bertz CT molecular complexity index is 675. The number of hydrogen-bond acceptors (Lipinski definition) is 4. The summed E-state index contributed by atoms with van der Waals surface area (Å²) >= 11 is 5.23. The van der Waals surface area contributed by atoms with E-state index >= 15 is 0 Å². The molecule has 0 fully saturated rings. The van der Waals surface area contributed by atoms with Crippen molar-refractivity contribution in [1.82, 2.24) is 15.1 Å². The van der Waals surface area contributed by atoms with Crippen molar-refractivity contribution in [2.75, 3.05) is 6.54 Å². The zero-order chi connectivity index (χ0) is 16.1. The van der Waals surface area contributed by atoms with Gasteiger partial charge in [0.15, 0.2) is 5.76 Å². The minimum absolute atomic E-state index is 0.239. The van der Waals surface area contributed by atoms with Gasteiger partial charge >= 0.3 is 0 Å². The lowest BCUT2D eigenvalue weighted by molar-refractivity contribution is -0.111. The molecule has 6 nitrogen and oxygen atoms in total. The van der Waals surface area contributed by atoms with Gasteiger partial charge in [-0.15, -0.1) is 0 Å². The molecule has 0 aromatic carbocycles. The summed E-state index contributed by atoms with van der Waals surface area (Å²) in [5, 5.41) is 6.63. The highest BCUT2D eigenvalue weighted by Gasteiger charge is 2.12. The van der Waals surface area contributed by atoms with Crippen molar-refractivity contribution < 1.29 is 14.0 Å². The summed E-state index contributed by atoms with van der Waals surface area (Å²) in [6.07, 6.45) is 0.747. The van der Waals surface area contributed by atoms with E-state index in [1.165, 1.54) is 0 Å². The average molecular weight is 324 g/mol. The second-order valence-electron chi connectivity index (χ2n) is 5.07. The van der Waals surface area contributed by atoms with Gasteiger partial charge in [0.05, 0.1) is 12.2 Å². The number of hydrogen-bond donors (Lipinski definition) is 1. The Morgan fingerprint density at radius 1 is 1.36 bits per heavy atom. The molecular formula is C15H18ClN3O3. The predicted molar refractivity (Wildman–Crippen MR) is 81.9 cm³/mol. The van der Waals surface area contributed by atoms with Crippen LogP contribution in [0.3, 0.4) is 0 Å². The van der Waals surface area contributed by atoms with Crippen molar-refractivity contribution in [2.24, 2.45) is 0 Å². The maximum atomic E-state index is 11.9. The van der Waals surface area contributed by atoms with Gasteiger partial charge in [-0.1, -0.05) is 0 Å². The highest BCUT2D eigenvalue weighted by molar-refractivity contribution is 6.63. The normalized spacial score (nSPS) is 10.7. The van der Waals surface area contributed by atoms with Gasteiger partial charge in [0.2, 0.25) is 5.24 Å². The molecule has 118 valence electrons. The molecule has 0 aliphatic carbocycles. The molecule has 0 saturated carbocycles. The van der Waals surface area contributed by atoms with E-state index in [2.05, 4.69) is 10.4 Å². The van der Waals surface area contributed by atoms with Crippen LogP contribution in [0.25, 0.3) is 0 Å². The van der Waals surface area contributed by atoms with E-state index in [9.17, 15) is 9.59 Å². The van der Waals surface area contributed by atoms with E-state index in [4.69, 9.17) is 16.0 Å². The molecule has 0 radical (unpaired) electrons. The lowest BCUT2D eigenvalue weighted by Crippen LogP contribution is -2.24. The van der Waals surface area contributed by atoms with E-state index in [0.717, 1.165) is 11.4 Å². The van der Waals surface area contributed by atoms with Gasteiger partial charge in [0, 0.05) is 18.7 Å². The summed E-state index contributed by atoms with van der Waals surface area (Å²) in [7, 11) is 0. The van der Waals surface area contributed by atoms with Crippen LogP contribution in [0.1, 0.15) is 40.5 Å². The Labute approximate surface area is 133 Å². The zero-order valence-electron chi connectivity index (χ0n) is 12.6. The Kier molecular flexibility index (Phi) is 5.38. The van der Waals surface area contributed by atoms with Crippen LogP contribution in [0, 0.1) is 13.8 Å². The molecule has 0 atom stereocenters. The number of amides is 1. The van der Waals surface area contributed by atoms with Gasteiger partial charge in [-0.05, 0) is 50.1 Å². The number of rotatable bonds is 7. The summed E-state index contributed by atoms with van der Waals surface area (Å²) in [5.41, 5.74) is 1.97. The fourth-order valence-electron chi connectivity index (χ4n) is 2.08. The Hall–Kier alpha value is -2.08. The molecule has 0 unspecified atom stereocenters. The smallest absolute Gasteiger partial charge is 0.286 e. The molecule has 0 aliphatic heterocycles. The summed E-state index contributed by atoms with van der Waals surface area (Å²) in [6.45, 7) is 4.75. The van der Waals surface area contributed by atoms with Crippen LogP contribution in [-0.2, 0) is 11.3 Å². The van der Waals surface area contributed by atoms with Crippen LogP contribution in [0.15, 0.2) is 22.6 Å². The van der Waals surface area contributed by atoms with Gasteiger partial charge in [-0.3, -0.25) is 14.3 Å². The van der Waals surface area contributed by atoms with Crippen LogP contribution >= 0.6 is 11.6 Å². The lowest BCUT2D eigenvalue weighted by Gasteiger charge is -2.02. The fourth-order valence-corrected chi connectivity index (χ4v) is 2.22. The minimum atomic E-state index is -0.403. The number of aryl methyl sites for hydroxylation is 2. The Morgan fingerprint density at radius 2 is 2.14 bits per heavy atom. The standard InChI is InChI=1S/C15H18ClN3O3/c1-10-8-11(2)19(18-10)9-12-5-6-13(22-12)15(21)17-7-3-4-14(16)20/h5-6,8H,3-4,7,9H2,1-2H3,(H,17,21). The first-order valence-electron chi connectivity index (χ1n) is 7.02. The second-order valence-corrected chi connectivity index (χ2v) is 5.49. The fraction of sp³-hybridized carbons (Fsp3) is 0.400. The third kappa shape index (κ3) is 4.46. The number of carbonyl (C=O) groups is 2. The summed E-state index contributed by atoms with van der Waals surface area (Å²) in [4.78, 5) is 22.5. The SMILES string of the molecule is Cc1cc(C)n(Cc2ccc(C(=O)NCCCC(=O)Cl)o2)n1. The van der Waals surface area contributed by atoms with Crippen LogP contribution < -0.4 is 5.32 Å². The molecule has 2 aromatic rings. The van der Waals surface area contributed by atoms with Crippen molar-refractivity contribution in [3.8, 4) is 0 Å². The van der Waals surface area contributed by atoms with Gasteiger partial charge in [0.1, 0.15) is 5.76 Å². The number of furan rings is 1. The first-order valence-corrected chi connectivity index (χ1v) is 7.40. The third-order valence-corrected chi connectivity index (χ3v) is 3.32. The van der Waals surface area contributed by atoms with E-state index in [-0.39, 0.29) is 18.1 Å². The van der Waals surface area contributed by atoms with Gasteiger partial charge < -0.3 is 9.73 Å². The van der Waals surface area contributed by atoms with E-state index in [1.54, 1.807) is 12.1 Å². The van der Waals surface area contributed by atoms with Gasteiger partial charge in [-0.25, -0.2) is 0 Å². The summed E-state index contributed by atoms with van der Waals surface area (Å²) in [5.74, 6) is 0.600. The molecule has 7 heteroatoms. The predicted octanol–water partition coefficient (Wildman–Crippen LogP) is 2.42. The molecule has 1 N–H and O–H groups in total. The summed E-state index contributed by atoms with van der Waals surface area (Å²) < 4.78 is 7.35. The minimum Gasteiger partial charge on any atom is -0.454 e. The van der Waals surface area contributed by atoms with Crippen molar-refractivity contribution in [1.29, 1.82) is 0 Å². The first kappa shape index (κ1) is 16.3. The zero-order valence-corrected chi connectivity index (χ0v) is 13.3. The van der Waals surface area contributed by atoms with Crippen molar-refractivity contribution in [3.05, 3.63) is 41.1 Å². The van der Waals surface area contributed by atoms with E-state index in [1.807, 2.05) is 24.6 Å². The van der Waals surface area contributed by atoms with Crippen LogP contribution in [-0.4, -0.2) is 27.5 Å². The molecule has 0 aliphatic rings. The molecule has 0 spiro atoms. The van der Waals surface area contributed by atoms with Crippen molar-refractivity contribution in [2.45, 2.75) is 33.2 Å². The number of nitrogens with zero attached hydrogens (tertiary/aromatic N) is 2. The van der Waals surface area contributed by atoms with E-state index in [0.29, 0.717) is 25.3 Å². The van der Waals surface area contributed by atoms with Crippen molar-refractivity contribution in [3.63, 3.8) is 0 Å². The monoisotopic (exact) mass is 323 g/mol. The maximum Gasteiger partial charge on any atom is 0.286 e. The number of carbonyl (C=O) groups excluding carboxylic acids is 2. The molecule has 2 aromatic heterocycles. The lowest BCUT2D eigenvalue weighted by atomic mass is 10.3. The second kappa shape index (κ2) is 7.26. The Morgan fingerprint density at radius 3 is 2.77 bits per heavy atom. The first-order chi connectivity index (χ1) is 10.5. The van der Waals surface area contributed by atoms with Crippen molar-refractivity contribution >= 4 is 22.8 Å². The van der Waals surface area contributed by atoms with Gasteiger partial charge in [-0.2, -0.15) is 5.10 Å². The highest BCUT2D eigenvalue weighted by atomic mass is 35.5. The molecule has 0 saturated heterocycles. The van der Waals surface area contributed by atoms with Crippen LogP contribution in [0.5, 0.6) is 0 Å². The molecule has 0 bridgehead atoms. The summed E-state index contributed by atoms with van der Waals surface area (Å²) in [6, 6.07) is 5.37.